The van der Waals surface area contributed by atoms with E-state index in [1.807, 2.05) is 37.3 Å². The van der Waals surface area contributed by atoms with Gasteiger partial charge in [-0.25, -0.2) is 25.6 Å². The van der Waals surface area contributed by atoms with Gasteiger partial charge in [-0.05, 0) is 25.0 Å². The Morgan fingerprint density at radius 2 is 1.28 bits per heavy atom. The summed E-state index contributed by atoms with van der Waals surface area (Å²) in [5.41, 5.74) is 14.4. The molecule has 2 aromatic carbocycles. The van der Waals surface area contributed by atoms with E-state index in [2.05, 4.69) is 76.6 Å². The topological polar surface area (TPSA) is 179 Å². The van der Waals surface area contributed by atoms with Crippen molar-refractivity contribution in [3.05, 3.63) is 93.3 Å². The Hall–Kier alpha value is -5.75. The lowest BCUT2D eigenvalue weighted by Gasteiger charge is -2.30. The third-order valence-electron chi connectivity index (χ3n) is 10.1. The summed E-state index contributed by atoms with van der Waals surface area (Å²) in [7, 11) is 0. The van der Waals surface area contributed by atoms with Crippen molar-refractivity contribution in [3.63, 3.8) is 0 Å². The van der Waals surface area contributed by atoms with Gasteiger partial charge in [0.05, 0.1) is 82.6 Å². The van der Waals surface area contributed by atoms with Crippen LogP contribution in [0.3, 0.4) is 0 Å². The number of fused-ring (bicyclic) bond motifs is 2. The number of urea groups is 1. The van der Waals surface area contributed by atoms with Crippen molar-refractivity contribution in [3.8, 4) is 0 Å². The van der Waals surface area contributed by atoms with Crippen LogP contribution in [0.1, 0.15) is 44.8 Å². The maximum Gasteiger partial charge on any atom is 0.318 e. The molecule has 0 unspecified atom stereocenters. The summed E-state index contributed by atoms with van der Waals surface area (Å²) in [4.78, 5) is 37.6. The Labute approximate surface area is 331 Å². The van der Waals surface area contributed by atoms with Gasteiger partial charge >= 0.3 is 6.03 Å². The molecule has 17 heteroatoms. The van der Waals surface area contributed by atoms with Crippen LogP contribution in [-0.2, 0) is 40.4 Å². The third-order valence-corrected chi connectivity index (χ3v) is 10.1. The van der Waals surface area contributed by atoms with Gasteiger partial charge in [0.1, 0.15) is 11.6 Å². The zero-order valence-corrected chi connectivity index (χ0v) is 32.4. The van der Waals surface area contributed by atoms with Crippen molar-refractivity contribution >= 4 is 42.0 Å². The molecule has 0 aliphatic carbocycles. The van der Waals surface area contributed by atoms with Crippen molar-refractivity contribution in [2.45, 2.75) is 46.1 Å². The molecule has 0 bridgehead atoms. The van der Waals surface area contributed by atoms with Gasteiger partial charge in [0.2, 0.25) is 11.9 Å². The normalized spacial score (nSPS) is 17.9. The molecule has 5 aliphatic heterocycles. The third kappa shape index (κ3) is 9.62. The fraction of sp³-hybridized carbons (Fsp3) is 0.425. The predicted molar refractivity (Wildman–Crippen MR) is 218 cm³/mol. The molecule has 17 nitrogen and oxygen atoms in total. The highest BCUT2D eigenvalue weighted by Gasteiger charge is 2.33. The second-order valence-electron chi connectivity index (χ2n) is 14.5. The number of rotatable bonds is 9. The van der Waals surface area contributed by atoms with E-state index >= 15 is 0 Å². The first kappa shape index (κ1) is 38.1. The molecule has 7 heterocycles. The van der Waals surface area contributed by atoms with Gasteiger partial charge in [0.15, 0.2) is 0 Å². The SMILES string of the molecule is Cc1cccc(/C=N/Nc2nc3c(c(N4CCOCC4)n2)CN(C(=O)NC2COC2)C3)c1.Cc1cccc(/C=N/Nc2nc3c(c(N4CCOCC4)n2)CNC3)c1. The number of benzene rings is 2. The van der Waals surface area contributed by atoms with E-state index in [-0.39, 0.29) is 12.1 Å². The number of hydrazone groups is 2. The number of nitrogens with zero attached hydrogens (tertiary/aromatic N) is 9. The second-order valence-corrected chi connectivity index (χ2v) is 14.5. The van der Waals surface area contributed by atoms with E-state index < -0.39 is 0 Å². The number of ether oxygens (including phenoxy) is 3. The van der Waals surface area contributed by atoms with Crippen LogP contribution in [0.5, 0.6) is 0 Å². The minimum absolute atomic E-state index is 0.0872. The van der Waals surface area contributed by atoms with Crippen LogP contribution in [-0.4, -0.2) is 115 Å². The van der Waals surface area contributed by atoms with Gasteiger partial charge in [-0.1, -0.05) is 59.7 Å². The lowest BCUT2D eigenvalue weighted by atomic mass is 10.2. The average Bonchev–Trinajstić information content (AvgIpc) is 3.88. The van der Waals surface area contributed by atoms with E-state index in [0.29, 0.717) is 51.4 Å². The number of hydrogen-bond donors (Lipinski definition) is 4. The highest BCUT2D eigenvalue weighted by Crippen LogP contribution is 2.31. The molecule has 0 atom stereocenters. The van der Waals surface area contributed by atoms with Crippen LogP contribution in [0.4, 0.5) is 28.3 Å². The lowest BCUT2D eigenvalue weighted by molar-refractivity contribution is -0.00211. The van der Waals surface area contributed by atoms with Crippen LogP contribution in [0.15, 0.2) is 58.7 Å². The minimum atomic E-state index is -0.101. The van der Waals surface area contributed by atoms with Gasteiger partial charge in [-0.3, -0.25) is 0 Å². The minimum Gasteiger partial charge on any atom is -0.378 e. The van der Waals surface area contributed by atoms with E-state index in [1.165, 1.54) is 16.7 Å². The summed E-state index contributed by atoms with van der Waals surface area (Å²) in [5.74, 6) is 2.79. The summed E-state index contributed by atoms with van der Waals surface area (Å²) in [5, 5.41) is 15.0. The number of amides is 2. The molecule has 298 valence electrons. The molecule has 4 N–H and O–H groups in total. The smallest absolute Gasteiger partial charge is 0.318 e. The van der Waals surface area contributed by atoms with E-state index in [4.69, 9.17) is 24.2 Å². The molecule has 57 heavy (non-hydrogen) atoms. The monoisotopic (exact) mass is 775 g/mol. The molecule has 4 aromatic rings. The summed E-state index contributed by atoms with van der Waals surface area (Å²) >= 11 is 0. The predicted octanol–water partition coefficient (Wildman–Crippen LogP) is 3.16. The second kappa shape index (κ2) is 18.0. The molecule has 3 saturated heterocycles. The maximum absolute atomic E-state index is 12.7. The number of hydrogen-bond acceptors (Lipinski definition) is 15. The highest BCUT2D eigenvalue weighted by atomic mass is 16.5. The summed E-state index contributed by atoms with van der Waals surface area (Å²) in [6.45, 7) is 13.7. The molecule has 0 saturated carbocycles. The number of aromatic nitrogens is 4. The summed E-state index contributed by atoms with van der Waals surface area (Å²) in [6, 6.07) is 16.3. The summed E-state index contributed by atoms with van der Waals surface area (Å²) in [6.07, 6.45) is 3.54. The molecule has 2 aromatic heterocycles. The van der Waals surface area contributed by atoms with Crippen LogP contribution < -0.4 is 31.3 Å². The van der Waals surface area contributed by atoms with E-state index in [9.17, 15) is 4.79 Å². The van der Waals surface area contributed by atoms with Gasteiger partial charge in [0, 0.05) is 50.4 Å². The Morgan fingerprint density at radius 3 is 1.82 bits per heavy atom. The van der Waals surface area contributed by atoms with Crippen molar-refractivity contribution < 1.29 is 19.0 Å². The molecule has 0 radical (unpaired) electrons. The molecular weight excluding hydrogens is 727 g/mol. The number of morpholine rings is 2. The maximum atomic E-state index is 12.7. The van der Waals surface area contributed by atoms with Crippen molar-refractivity contribution in [1.29, 1.82) is 0 Å². The number of carbonyl (C=O) groups excluding carboxylic acids is 1. The first-order valence-corrected chi connectivity index (χ1v) is 19.5. The lowest BCUT2D eigenvalue weighted by Crippen LogP contribution is -2.52. The molecule has 3 fully saturated rings. The van der Waals surface area contributed by atoms with Gasteiger partial charge < -0.3 is 39.5 Å². The van der Waals surface area contributed by atoms with Crippen molar-refractivity contribution in [2.75, 3.05) is 86.5 Å². The van der Waals surface area contributed by atoms with Crippen LogP contribution in [0.2, 0.25) is 0 Å². The number of anilines is 4. The fourth-order valence-corrected chi connectivity index (χ4v) is 7.12. The quantitative estimate of drug-likeness (QED) is 0.144. The van der Waals surface area contributed by atoms with Gasteiger partial charge in [-0.2, -0.15) is 20.2 Å². The Kier molecular flexibility index (Phi) is 12.1. The number of carbonyl (C=O) groups is 1. The molecule has 0 spiro atoms. The van der Waals surface area contributed by atoms with E-state index in [0.717, 1.165) is 92.2 Å². The zero-order valence-electron chi connectivity index (χ0n) is 32.4. The van der Waals surface area contributed by atoms with Crippen LogP contribution in [0.25, 0.3) is 0 Å². The first-order chi connectivity index (χ1) is 27.9. The first-order valence-electron chi connectivity index (χ1n) is 19.5. The molecule has 2 amide bonds. The van der Waals surface area contributed by atoms with Crippen LogP contribution >= 0.6 is 0 Å². The van der Waals surface area contributed by atoms with Gasteiger partial charge in [-0.15, -0.1) is 0 Å². The Balaban J connectivity index is 0.000000165. The van der Waals surface area contributed by atoms with E-state index in [1.54, 1.807) is 17.3 Å². The average molecular weight is 776 g/mol. The molecular formula is C40H49N13O4. The number of aryl methyl sites for hydroxylation is 2. The Bertz CT molecular complexity index is 2100. The molecule has 9 rings (SSSR count). The zero-order chi connectivity index (χ0) is 39.0. The standard InChI is InChI=1S/C22H27N7O3.C18H22N6O/c1-15-3-2-4-16(9-15)10-23-27-21-25-19-12-29(22(30)24-17-13-32-14-17)11-18(19)20(26-21)28-5-7-31-8-6-28;1-13-3-2-4-14(9-13)10-20-23-18-21-16-12-19-11-15(16)17(22-18)24-5-7-25-8-6-24/h2-4,9-10,17H,5-8,11-14H2,1H3,(H,24,30)(H,25,26,27);2-4,9-10,19H,5-8,11-12H2,1H3,(H,21,22,23)/b23-10+;20-10+. The highest BCUT2D eigenvalue weighted by molar-refractivity contribution is 5.81. The van der Waals surface area contributed by atoms with Crippen molar-refractivity contribution in [1.82, 2.24) is 35.5 Å². The summed E-state index contributed by atoms with van der Waals surface area (Å²) < 4.78 is 16.1. The van der Waals surface area contributed by atoms with Gasteiger partial charge in [0.25, 0.3) is 0 Å². The Morgan fingerprint density at radius 1 is 0.719 bits per heavy atom. The molecule has 5 aliphatic rings. The van der Waals surface area contributed by atoms with Crippen LogP contribution in [0, 0.1) is 13.8 Å². The number of nitrogens with one attached hydrogen (secondary N) is 4. The fourth-order valence-electron chi connectivity index (χ4n) is 7.12. The largest absolute Gasteiger partial charge is 0.378 e. The van der Waals surface area contributed by atoms with Crippen molar-refractivity contribution in [2.24, 2.45) is 10.2 Å².